The molecule has 0 amide bonds. The van der Waals surface area contributed by atoms with Gasteiger partial charge in [0.05, 0.1) is 0 Å². The van der Waals surface area contributed by atoms with Gasteiger partial charge in [-0.15, -0.1) is 0 Å². The summed E-state index contributed by atoms with van der Waals surface area (Å²) >= 11 is 2.35. The second-order valence-corrected chi connectivity index (χ2v) is 2.28. The van der Waals surface area contributed by atoms with Crippen LogP contribution in [-0.2, 0) is 22.4 Å². The second kappa shape index (κ2) is 4.83. The molecule has 0 spiro atoms. The number of aromatic nitrogens is 1. The molecule has 2 radical (unpaired) electrons. The third-order valence-corrected chi connectivity index (χ3v) is 1.31. The van der Waals surface area contributed by atoms with Crippen molar-refractivity contribution < 1.29 is 27.2 Å². The zero-order valence-corrected chi connectivity index (χ0v) is 8.75. The van der Waals surface area contributed by atoms with Crippen LogP contribution in [0.4, 0.5) is 0 Å². The molecule has 0 saturated carbocycles. The van der Waals surface area contributed by atoms with Crippen LogP contribution in [0, 0.1) is 0 Å². The monoisotopic (exact) mass is 383 g/mol. The van der Waals surface area contributed by atoms with E-state index in [1.165, 1.54) is 0 Å². The molecule has 0 atom stereocenters. The van der Waals surface area contributed by atoms with Crippen molar-refractivity contribution in [3.05, 3.63) is 30.1 Å². The summed E-state index contributed by atoms with van der Waals surface area (Å²) in [6, 6.07) is 5.21. The van der Waals surface area contributed by atoms with E-state index >= 15 is 0 Å². The topological polar surface area (TPSA) is 30.0 Å². The zero-order valence-electron chi connectivity index (χ0n) is 4.87. The summed E-state index contributed by atoms with van der Waals surface area (Å²) in [4.78, 5) is 14.3. The third kappa shape index (κ3) is 2.78. The van der Waals surface area contributed by atoms with E-state index in [0.717, 1.165) is 0 Å². The number of rotatable bonds is 1. The van der Waals surface area contributed by atoms with Crippen molar-refractivity contribution in [3.8, 4) is 0 Å². The third-order valence-electron chi connectivity index (χ3n) is 0.874. The fourth-order valence-electron chi connectivity index (χ4n) is 0.484. The molecule has 1 aromatic heterocycles. The van der Waals surface area contributed by atoms with Crippen LogP contribution in [0.1, 0.15) is 10.5 Å². The molecule has 4 heteroatoms. The van der Waals surface area contributed by atoms with E-state index in [2.05, 4.69) is 21.0 Å². The molecule has 56 valence electrons. The SMILES string of the molecule is O=C([Se])c1ccccn1.[Au]. The summed E-state index contributed by atoms with van der Waals surface area (Å²) < 4.78 is -0.115. The second-order valence-electron chi connectivity index (χ2n) is 1.50. The summed E-state index contributed by atoms with van der Waals surface area (Å²) in [5, 5.41) is 0. The summed E-state index contributed by atoms with van der Waals surface area (Å²) in [5.74, 6) is 0. The summed E-state index contributed by atoms with van der Waals surface area (Å²) in [5.41, 5.74) is 0.470. The summed E-state index contributed by atoms with van der Waals surface area (Å²) in [7, 11) is 0. The van der Waals surface area contributed by atoms with Gasteiger partial charge in [-0.25, -0.2) is 0 Å². The van der Waals surface area contributed by atoms with Gasteiger partial charge < -0.3 is 0 Å². The van der Waals surface area contributed by atoms with Gasteiger partial charge >= 0.3 is 60.6 Å². The fourth-order valence-corrected chi connectivity index (χ4v) is 0.737. The molecule has 0 N–H and O–H groups in total. The molecule has 0 aliphatic rings. The van der Waals surface area contributed by atoms with Crippen molar-refractivity contribution >= 4 is 20.7 Å². The Kier molecular flexibility index (Phi) is 4.87. The fraction of sp³-hybridized carbons (Fsp3) is 0. The smallest absolute Gasteiger partial charge is 0 e. The van der Waals surface area contributed by atoms with Crippen LogP contribution < -0.4 is 0 Å². The Labute approximate surface area is 82.7 Å². The molecule has 1 rings (SSSR count). The quantitative estimate of drug-likeness (QED) is 0.658. The Morgan fingerprint density at radius 2 is 2.20 bits per heavy atom. The van der Waals surface area contributed by atoms with Crippen molar-refractivity contribution in [1.82, 2.24) is 4.98 Å². The predicted molar refractivity (Wildman–Crippen MR) is 34.3 cm³/mol. The van der Waals surface area contributed by atoms with E-state index in [1.54, 1.807) is 24.4 Å². The maximum atomic E-state index is 10.5. The van der Waals surface area contributed by atoms with Crippen LogP contribution in [0.2, 0.25) is 0 Å². The molecule has 0 unspecified atom stereocenters. The maximum absolute atomic E-state index is 10.5. The summed E-state index contributed by atoms with van der Waals surface area (Å²) in [6.45, 7) is 0. The van der Waals surface area contributed by atoms with Gasteiger partial charge in [-0.1, -0.05) is 0 Å². The number of hydrogen-bond donors (Lipinski definition) is 0. The molecule has 2 nitrogen and oxygen atoms in total. The Balaban J connectivity index is 0.000000810. The van der Waals surface area contributed by atoms with Crippen LogP contribution in [-0.4, -0.2) is 25.7 Å². The molecule has 0 aromatic carbocycles. The molecule has 10 heavy (non-hydrogen) atoms. The molecule has 1 heterocycles. The van der Waals surface area contributed by atoms with Crippen LogP contribution >= 0.6 is 0 Å². The molecule has 0 aliphatic heterocycles. The van der Waals surface area contributed by atoms with Crippen LogP contribution in [0.25, 0.3) is 0 Å². The standard InChI is InChI=1S/C6H4NOSe.Au/c8-6(9)5-3-1-2-4-7-5;/h1-4H;. The van der Waals surface area contributed by atoms with Crippen LogP contribution in [0.15, 0.2) is 24.4 Å². The van der Waals surface area contributed by atoms with Gasteiger partial charge in [0.25, 0.3) is 0 Å². The molecule has 0 bridgehead atoms. The first-order chi connectivity index (χ1) is 4.30. The van der Waals surface area contributed by atoms with E-state index in [9.17, 15) is 4.79 Å². The minimum absolute atomic E-state index is 0. The van der Waals surface area contributed by atoms with Crippen molar-refractivity contribution in [2.45, 2.75) is 0 Å². The molecular weight excluding hydrogens is 378 g/mol. The zero-order chi connectivity index (χ0) is 6.69. The molecular formula is C6H4AuNOSe. The van der Waals surface area contributed by atoms with Gasteiger partial charge in [0, 0.05) is 22.4 Å². The first-order valence-electron chi connectivity index (χ1n) is 2.43. The average Bonchev–Trinajstić information content (AvgIpc) is 1.90. The molecule has 0 aliphatic carbocycles. The Bertz CT molecular complexity index is 214. The van der Waals surface area contributed by atoms with Crippen molar-refractivity contribution in [2.75, 3.05) is 0 Å². The first-order valence-corrected chi connectivity index (χ1v) is 3.29. The Morgan fingerprint density at radius 1 is 1.50 bits per heavy atom. The van der Waals surface area contributed by atoms with Crippen LogP contribution in [0.5, 0.6) is 0 Å². The van der Waals surface area contributed by atoms with E-state index in [-0.39, 0.29) is 27.1 Å². The largest absolute Gasteiger partial charge is 0 e. The molecule has 0 fully saturated rings. The first kappa shape index (κ1) is 10.1. The van der Waals surface area contributed by atoms with Crippen LogP contribution in [0.3, 0.4) is 0 Å². The number of hydrogen-bond acceptors (Lipinski definition) is 2. The number of pyridine rings is 1. The van der Waals surface area contributed by atoms with Gasteiger partial charge in [-0.3, -0.25) is 0 Å². The van der Waals surface area contributed by atoms with Gasteiger partial charge in [0.2, 0.25) is 0 Å². The van der Waals surface area contributed by atoms with Gasteiger partial charge in [-0.05, 0) is 0 Å². The van der Waals surface area contributed by atoms with Crippen molar-refractivity contribution in [3.63, 3.8) is 0 Å². The average molecular weight is 382 g/mol. The summed E-state index contributed by atoms with van der Waals surface area (Å²) in [6.07, 6.45) is 1.59. The molecule has 1 aromatic rings. The minimum Gasteiger partial charge on any atom is 0 e. The number of nitrogens with zero attached hydrogens (tertiary/aromatic N) is 1. The Hall–Kier alpha value is 0.0797. The molecule has 0 saturated heterocycles. The minimum atomic E-state index is -0.115. The van der Waals surface area contributed by atoms with E-state index in [1.807, 2.05) is 0 Å². The van der Waals surface area contributed by atoms with Gasteiger partial charge in [0.1, 0.15) is 0 Å². The van der Waals surface area contributed by atoms with Gasteiger partial charge in [0.15, 0.2) is 0 Å². The van der Waals surface area contributed by atoms with E-state index < -0.39 is 0 Å². The number of carbonyl (C=O) groups excluding carboxylic acids is 1. The van der Waals surface area contributed by atoms with Gasteiger partial charge in [-0.2, -0.15) is 0 Å². The van der Waals surface area contributed by atoms with E-state index in [0.29, 0.717) is 5.69 Å². The van der Waals surface area contributed by atoms with Crippen molar-refractivity contribution in [1.29, 1.82) is 0 Å². The normalized spacial score (nSPS) is 8.00. The number of carbonyl (C=O) groups is 1. The predicted octanol–water partition coefficient (Wildman–Crippen LogP) is 0.388. The Morgan fingerprint density at radius 3 is 2.50 bits per heavy atom. The van der Waals surface area contributed by atoms with E-state index in [4.69, 9.17) is 0 Å². The maximum Gasteiger partial charge on any atom is 0 e. The van der Waals surface area contributed by atoms with Crippen molar-refractivity contribution in [2.24, 2.45) is 0 Å².